The number of benzene rings is 2. The molecule has 0 spiro atoms. The summed E-state index contributed by atoms with van der Waals surface area (Å²) in [5, 5.41) is 5.78. The zero-order valence-electron chi connectivity index (χ0n) is 14.0. The SMILES string of the molecule is Cc1csc(Nc2cccc(NS(=O)(=O)c3ccc4[nH]c(=O)oc4c3)c2)n1. The van der Waals surface area contributed by atoms with E-state index in [2.05, 4.69) is 20.0 Å². The van der Waals surface area contributed by atoms with Crippen molar-refractivity contribution in [3.63, 3.8) is 0 Å². The van der Waals surface area contributed by atoms with Crippen LogP contribution < -0.4 is 15.8 Å². The van der Waals surface area contributed by atoms with Crippen LogP contribution in [0.25, 0.3) is 11.1 Å². The van der Waals surface area contributed by atoms with Crippen LogP contribution in [0.15, 0.2) is 62.0 Å². The third-order valence-corrected chi connectivity index (χ3v) is 5.94. The van der Waals surface area contributed by atoms with E-state index in [1.54, 1.807) is 18.2 Å². The quantitative estimate of drug-likeness (QED) is 0.471. The Morgan fingerprint density at radius 2 is 1.96 bits per heavy atom. The summed E-state index contributed by atoms with van der Waals surface area (Å²) >= 11 is 1.46. The molecule has 0 aliphatic rings. The monoisotopic (exact) mass is 402 g/mol. The van der Waals surface area contributed by atoms with E-state index in [9.17, 15) is 13.2 Å². The third-order valence-electron chi connectivity index (χ3n) is 3.69. The Morgan fingerprint density at radius 3 is 2.74 bits per heavy atom. The summed E-state index contributed by atoms with van der Waals surface area (Å²) in [6.07, 6.45) is 0. The first-order chi connectivity index (χ1) is 12.9. The van der Waals surface area contributed by atoms with Crippen LogP contribution >= 0.6 is 11.3 Å². The van der Waals surface area contributed by atoms with Gasteiger partial charge in [0.1, 0.15) is 0 Å². The maximum Gasteiger partial charge on any atom is 0.417 e. The van der Waals surface area contributed by atoms with E-state index in [1.165, 1.54) is 29.5 Å². The number of hydrogen-bond donors (Lipinski definition) is 3. The smallest absolute Gasteiger partial charge is 0.408 e. The molecule has 0 unspecified atom stereocenters. The van der Waals surface area contributed by atoms with Gasteiger partial charge in [0, 0.05) is 17.1 Å². The lowest BCUT2D eigenvalue weighted by molar-refractivity contribution is 0.554. The minimum atomic E-state index is -3.85. The molecule has 0 bridgehead atoms. The van der Waals surface area contributed by atoms with Crippen molar-refractivity contribution in [1.82, 2.24) is 9.97 Å². The zero-order chi connectivity index (χ0) is 19.0. The number of nitrogens with one attached hydrogen (secondary N) is 3. The van der Waals surface area contributed by atoms with Crippen molar-refractivity contribution in [2.24, 2.45) is 0 Å². The van der Waals surface area contributed by atoms with Gasteiger partial charge in [-0.3, -0.25) is 9.71 Å². The van der Waals surface area contributed by atoms with Gasteiger partial charge in [0.05, 0.1) is 21.8 Å². The van der Waals surface area contributed by atoms with E-state index in [1.807, 2.05) is 18.4 Å². The Bertz CT molecular complexity index is 1290. The first-order valence-electron chi connectivity index (χ1n) is 7.84. The number of nitrogens with zero attached hydrogens (tertiary/aromatic N) is 1. The summed E-state index contributed by atoms with van der Waals surface area (Å²) in [5.41, 5.74) is 2.62. The molecule has 8 nitrogen and oxygen atoms in total. The lowest BCUT2D eigenvalue weighted by Crippen LogP contribution is -2.12. The number of aromatic nitrogens is 2. The van der Waals surface area contributed by atoms with Crippen LogP contribution in [0, 0.1) is 6.92 Å². The molecule has 0 saturated carbocycles. The van der Waals surface area contributed by atoms with Crippen LogP contribution in [0.1, 0.15) is 5.69 Å². The normalized spacial score (nSPS) is 11.6. The molecule has 27 heavy (non-hydrogen) atoms. The average Bonchev–Trinajstić information content (AvgIpc) is 3.18. The molecule has 2 heterocycles. The largest absolute Gasteiger partial charge is 0.417 e. The molecular formula is C17H14N4O4S2. The predicted octanol–water partition coefficient (Wildman–Crippen LogP) is 3.43. The maximum atomic E-state index is 12.7. The Kier molecular flexibility index (Phi) is 4.21. The third kappa shape index (κ3) is 3.71. The number of aryl methyl sites for hydroxylation is 1. The second kappa shape index (κ2) is 6.56. The average molecular weight is 402 g/mol. The number of rotatable bonds is 5. The Balaban J connectivity index is 1.59. The molecule has 0 aliphatic heterocycles. The molecular weight excluding hydrogens is 388 g/mol. The van der Waals surface area contributed by atoms with Crippen LogP contribution in [0.3, 0.4) is 0 Å². The van der Waals surface area contributed by atoms with Gasteiger partial charge in [-0.05, 0) is 37.3 Å². The Morgan fingerprint density at radius 1 is 1.15 bits per heavy atom. The van der Waals surface area contributed by atoms with E-state index >= 15 is 0 Å². The zero-order valence-corrected chi connectivity index (χ0v) is 15.6. The fourth-order valence-corrected chi connectivity index (χ4v) is 4.28. The van der Waals surface area contributed by atoms with Gasteiger partial charge >= 0.3 is 5.76 Å². The number of anilines is 3. The molecule has 0 amide bonds. The molecule has 138 valence electrons. The molecule has 0 saturated heterocycles. The van der Waals surface area contributed by atoms with Crippen molar-refractivity contribution in [2.45, 2.75) is 11.8 Å². The molecule has 4 aromatic rings. The molecule has 10 heteroatoms. The van der Waals surface area contributed by atoms with Crippen molar-refractivity contribution in [2.75, 3.05) is 10.0 Å². The molecule has 0 fully saturated rings. The fourth-order valence-electron chi connectivity index (χ4n) is 2.50. The summed E-state index contributed by atoms with van der Waals surface area (Å²) in [5.74, 6) is -0.635. The van der Waals surface area contributed by atoms with E-state index in [4.69, 9.17) is 4.42 Å². The molecule has 0 atom stereocenters. The summed E-state index contributed by atoms with van der Waals surface area (Å²) in [4.78, 5) is 18.0. The number of sulfonamides is 1. The van der Waals surface area contributed by atoms with E-state index in [0.717, 1.165) is 10.8 Å². The number of fused-ring (bicyclic) bond motifs is 1. The van der Waals surface area contributed by atoms with Crippen molar-refractivity contribution in [3.8, 4) is 0 Å². The minimum Gasteiger partial charge on any atom is -0.408 e. The summed E-state index contributed by atoms with van der Waals surface area (Å²) < 4.78 is 32.8. The van der Waals surface area contributed by atoms with Gasteiger partial charge in [0.25, 0.3) is 10.0 Å². The van der Waals surface area contributed by atoms with Gasteiger partial charge in [-0.15, -0.1) is 11.3 Å². The summed E-state index contributed by atoms with van der Waals surface area (Å²) in [7, 11) is -3.85. The highest BCUT2D eigenvalue weighted by molar-refractivity contribution is 7.92. The van der Waals surface area contributed by atoms with Crippen molar-refractivity contribution in [1.29, 1.82) is 0 Å². The molecule has 2 aromatic heterocycles. The molecule has 4 rings (SSSR count). The van der Waals surface area contributed by atoms with Crippen molar-refractivity contribution in [3.05, 3.63) is 64.1 Å². The summed E-state index contributed by atoms with van der Waals surface area (Å²) in [6, 6.07) is 11.0. The van der Waals surface area contributed by atoms with Crippen LogP contribution in [0.5, 0.6) is 0 Å². The number of H-pyrrole nitrogens is 1. The standard InChI is InChI=1S/C17H14N4O4S2/c1-10-9-26-16(18-10)19-11-3-2-4-12(7-11)21-27(23,24)13-5-6-14-15(8-13)25-17(22)20-14/h2-9,21H,1H3,(H,18,19)(H,20,22). The van der Waals surface area contributed by atoms with Gasteiger partial charge in [0.15, 0.2) is 10.7 Å². The fraction of sp³-hybridized carbons (Fsp3) is 0.0588. The highest BCUT2D eigenvalue weighted by Gasteiger charge is 2.16. The van der Waals surface area contributed by atoms with Gasteiger partial charge in [0.2, 0.25) is 0 Å². The van der Waals surface area contributed by atoms with Gasteiger partial charge in [-0.1, -0.05) is 6.07 Å². The lowest BCUT2D eigenvalue weighted by Gasteiger charge is -2.10. The van der Waals surface area contributed by atoms with Crippen LogP contribution in [-0.2, 0) is 10.0 Å². The second-order valence-corrected chi connectivity index (χ2v) is 8.32. The van der Waals surface area contributed by atoms with Crippen LogP contribution in [0.4, 0.5) is 16.5 Å². The van der Waals surface area contributed by atoms with Crippen LogP contribution in [-0.4, -0.2) is 18.4 Å². The predicted molar refractivity (Wildman–Crippen MR) is 104 cm³/mol. The molecule has 2 aromatic carbocycles. The number of oxazole rings is 1. The van der Waals surface area contributed by atoms with E-state index in [-0.39, 0.29) is 10.5 Å². The van der Waals surface area contributed by atoms with E-state index < -0.39 is 15.8 Å². The highest BCUT2D eigenvalue weighted by Crippen LogP contribution is 2.25. The van der Waals surface area contributed by atoms with E-state index in [0.29, 0.717) is 16.9 Å². The van der Waals surface area contributed by atoms with Gasteiger partial charge < -0.3 is 9.73 Å². The number of aromatic amines is 1. The highest BCUT2D eigenvalue weighted by atomic mass is 32.2. The first kappa shape index (κ1) is 17.3. The molecule has 0 aliphatic carbocycles. The second-order valence-electron chi connectivity index (χ2n) is 5.78. The van der Waals surface area contributed by atoms with Gasteiger partial charge in [-0.25, -0.2) is 18.2 Å². The maximum absolute atomic E-state index is 12.7. The molecule has 0 radical (unpaired) electrons. The lowest BCUT2D eigenvalue weighted by atomic mass is 10.3. The number of thiazole rings is 1. The van der Waals surface area contributed by atoms with Crippen molar-refractivity contribution < 1.29 is 12.8 Å². The molecule has 3 N–H and O–H groups in total. The Hall–Kier alpha value is -3.11. The van der Waals surface area contributed by atoms with Crippen molar-refractivity contribution >= 4 is 49.0 Å². The summed E-state index contributed by atoms with van der Waals surface area (Å²) in [6.45, 7) is 1.90. The van der Waals surface area contributed by atoms with Crippen LogP contribution in [0.2, 0.25) is 0 Å². The Labute approximate surface area is 157 Å². The number of hydrogen-bond acceptors (Lipinski definition) is 7. The van der Waals surface area contributed by atoms with Gasteiger partial charge in [-0.2, -0.15) is 0 Å². The minimum absolute atomic E-state index is 0.00772. The first-order valence-corrected chi connectivity index (χ1v) is 10.2. The topological polar surface area (TPSA) is 117 Å².